The molecule has 82 valence electrons. The Morgan fingerprint density at radius 2 is 2.14 bits per heavy atom. The number of carboxylic acid groups (broad SMARTS) is 1. The summed E-state index contributed by atoms with van der Waals surface area (Å²) in [5, 5.41) is 11.0. The van der Waals surface area contributed by atoms with E-state index in [-0.39, 0.29) is 0 Å². The van der Waals surface area contributed by atoms with E-state index in [1.54, 1.807) is 0 Å². The highest BCUT2D eigenvalue weighted by atomic mass is 16.5. The minimum absolute atomic E-state index is 0.450. The van der Waals surface area contributed by atoms with Gasteiger partial charge in [0, 0.05) is 19.8 Å². The number of rotatable bonds is 7. The summed E-state index contributed by atoms with van der Waals surface area (Å²) in [5.41, 5.74) is 0. The molecule has 1 amide bonds. The Kier molecular flexibility index (Phi) is 6.74. The third-order valence-electron chi connectivity index (χ3n) is 1.73. The first-order chi connectivity index (χ1) is 6.59. The van der Waals surface area contributed by atoms with Crippen molar-refractivity contribution in [3.8, 4) is 0 Å². The smallest absolute Gasteiger partial charge is 0.315 e. The Balaban J connectivity index is 3.49. The third-order valence-corrected chi connectivity index (χ3v) is 1.73. The summed E-state index contributed by atoms with van der Waals surface area (Å²) < 4.78 is 5.06. The van der Waals surface area contributed by atoms with Crippen molar-refractivity contribution in [3.63, 3.8) is 0 Å². The minimum Gasteiger partial charge on any atom is -0.481 e. The summed E-state index contributed by atoms with van der Waals surface area (Å²) >= 11 is 0. The molecule has 0 saturated carbocycles. The van der Waals surface area contributed by atoms with E-state index in [2.05, 4.69) is 5.32 Å². The molecule has 14 heavy (non-hydrogen) atoms. The molecule has 0 rings (SSSR count). The SMILES string of the molecule is CCOCCCNC(=O)C(C)C(=O)O. The standard InChI is InChI=1S/C9H17NO4/c1-3-14-6-4-5-10-8(11)7(2)9(12)13/h7H,3-6H2,1-2H3,(H,10,11)(H,12,13). The van der Waals surface area contributed by atoms with Gasteiger partial charge in [-0.15, -0.1) is 0 Å². The van der Waals surface area contributed by atoms with Crippen molar-refractivity contribution in [1.29, 1.82) is 0 Å². The normalized spacial score (nSPS) is 12.1. The van der Waals surface area contributed by atoms with Crippen molar-refractivity contribution in [3.05, 3.63) is 0 Å². The van der Waals surface area contributed by atoms with Crippen LogP contribution >= 0.6 is 0 Å². The molecule has 0 radical (unpaired) electrons. The highest BCUT2D eigenvalue weighted by Crippen LogP contribution is 1.94. The van der Waals surface area contributed by atoms with Crippen LogP contribution < -0.4 is 5.32 Å². The number of carbonyl (C=O) groups excluding carboxylic acids is 1. The highest BCUT2D eigenvalue weighted by molar-refractivity contribution is 5.96. The Morgan fingerprint density at radius 1 is 1.50 bits per heavy atom. The summed E-state index contributed by atoms with van der Waals surface area (Å²) in [6.45, 7) is 4.94. The van der Waals surface area contributed by atoms with Gasteiger partial charge in [0.25, 0.3) is 0 Å². The number of aliphatic carboxylic acids is 1. The van der Waals surface area contributed by atoms with Crippen LogP contribution in [0.3, 0.4) is 0 Å². The molecule has 0 aliphatic rings. The number of hydrogen-bond acceptors (Lipinski definition) is 3. The average Bonchev–Trinajstić information content (AvgIpc) is 2.16. The summed E-state index contributed by atoms with van der Waals surface area (Å²) in [7, 11) is 0. The van der Waals surface area contributed by atoms with E-state index in [0.29, 0.717) is 26.2 Å². The maximum absolute atomic E-state index is 11.1. The van der Waals surface area contributed by atoms with Crippen LogP contribution in [0.15, 0.2) is 0 Å². The van der Waals surface area contributed by atoms with Gasteiger partial charge in [0.15, 0.2) is 0 Å². The van der Waals surface area contributed by atoms with E-state index in [4.69, 9.17) is 9.84 Å². The molecule has 0 bridgehead atoms. The predicted octanol–water partition coefficient (Wildman–Crippen LogP) is 0.250. The minimum atomic E-state index is -1.10. The Bertz CT molecular complexity index is 193. The number of hydrogen-bond donors (Lipinski definition) is 2. The molecule has 2 N–H and O–H groups in total. The zero-order valence-electron chi connectivity index (χ0n) is 8.58. The van der Waals surface area contributed by atoms with Gasteiger partial charge in [-0.1, -0.05) is 0 Å². The first-order valence-electron chi connectivity index (χ1n) is 4.67. The van der Waals surface area contributed by atoms with Crippen LogP contribution in [0.1, 0.15) is 20.3 Å². The average molecular weight is 203 g/mol. The summed E-state index contributed by atoms with van der Waals surface area (Å²) in [4.78, 5) is 21.5. The number of amides is 1. The van der Waals surface area contributed by atoms with Gasteiger partial charge in [-0.2, -0.15) is 0 Å². The Hall–Kier alpha value is -1.10. The van der Waals surface area contributed by atoms with Gasteiger partial charge in [-0.25, -0.2) is 0 Å². The van der Waals surface area contributed by atoms with Crippen LogP contribution in [0, 0.1) is 5.92 Å². The highest BCUT2D eigenvalue weighted by Gasteiger charge is 2.19. The molecular formula is C9H17NO4. The monoisotopic (exact) mass is 203 g/mol. The molecule has 0 fully saturated rings. The van der Waals surface area contributed by atoms with Gasteiger partial charge in [0.1, 0.15) is 5.92 Å². The zero-order chi connectivity index (χ0) is 11.0. The van der Waals surface area contributed by atoms with Gasteiger partial charge in [0.2, 0.25) is 5.91 Å². The summed E-state index contributed by atoms with van der Waals surface area (Å²) in [6.07, 6.45) is 0.700. The van der Waals surface area contributed by atoms with Crippen LogP contribution in [0.5, 0.6) is 0 Å². The topological polar surface area (TPSA) is 75.6 Å². The Labute approximate surface area is 83.4 Å². The second kappa shape index (κ2) is 7.32. The van der Waals surface area contributed by atoms with Gasteiger partial charge in [-0.3, -0.25) is 9.59 Å². The van der Waals surface area contributed by atoms with E-state index in [1.165, 1.54) is 6.92 Å². The van der Waals surface area contributed by atoms with Gasteiger partial charge >= 0.3 is 5.97 Å². The zero-order valence-corrected chi connectivity index (χ0v) is 8.58. The third kappa shape index (κ3) is 5.53. The van der Waals surface area contributed by atoms with Gasteiger partial charge in [0.05, 0.1) is 0 Å². The van der Waals surface area contributed by atoms with Crippen molar-refractivity contribution < 1.29 is 19.4 Å². The number of carbonyl (C=O) groups is 2. The molecule has 5 heteroatoms. The van der Waals surface area contributed by atoms with E-state index in [1.807, 2.05) is 6.92 Å². The second-order valence-corrected chi connectivity index (χ2v) is 2.90. The molecule has 0 saturated heterocycles. The van der Waals surface area contributed by atoms with E-state index in [0.717, 1.165) is 0 Å². The lowest BCUT2D eigenvalue weighted by atomic mass is 10.2. The second-order valence-electron chi connectivity index (χ2n) is 2.90. The van der Waals surface area contributed by atoms with Crippen LogP contribution in [0.4, 0.5) is 0 Å². The summed E-state index contributed by atoms with van der Waals surface area (Å²) in [6, 6.07) is 0. The maximum Gasteiger partial charge on any atom is 0.315 e. The van der Waals surface area contributed by atoms with Gasteiger partial charge in [-0.05, 0) is 20.3 Å². The first-order valence-corrected chi connectivity index (χ1v) is 4.67. The van der Waals surface area contributed by atoms with Crippen molar-refractivity contribution in [2.45, 2.75) is 20.3 Å². The fourth-order valence-corrected chi connectivity index (χ4v) is 0.795. The lowest BCUT2D eigenvalue weighted by molar-refractivity contribution is -0.146. The lowest BCUT2D eigenvalue weighted by Gasteiger charge is -2.07. The lowest BCUT2D eigenvalue weighted by Crippen LogP contribution is -2.34. The summed E-state index contributed by atoms with van der Waals surface area (Å²) in [5.74, 6) is -2.54. The van der Waals surface area contributed by atoms with Crippen molar-refractivity contribution >= 4 is 11.9 Å². The van der Waals surface area contributed by atoms with Crippen molar-refractivity contribution in [2.24, 2.45) is 5.92 Å². The van der Waals surface area contributed by atoms with Crippen molar-refractivity contribution in [2.75, 3.05) is 19.8 Å². The molecule has 0 aromatic rings. The molecular weight excluding hydrogens is 186 g/mol. The fraction of sp³-hybridized carbons (Fsp3) is 0.778. The number of ether oxygens (including phenoxy) is 1. The fourth-order valence-electron chi connectivity index (χ4n) is 0.795. The molecule has 5 nitrogen and oxygen atoms in total. The maximum atomic E-state index is 11.1. The number of nitrogens with one attached hydrogen (secondary N) is 1. The van der Waals surface area contributed by atoms with E-state index >= 15 is 0 Å². The van der Waals surface area contributed by atoms with Crippen LogP contribution in [-0.2, 0) is 14.3 Å². The molecule has 0 aliphatic heterocycles. The van der Waals surface area contributed by atoms with Crippen molar-refractivity contribution in [1.82, 2.24) is 5.32 Å². The van der Waals surface area contributed by atoms with Crippen LogP contribution in [-0.4, -0.2) is 36.7 Å². The Morgan fingerprint density at radius 3 is 2.64 bits per heavy atom. The number of carboxylic acids is 1. The molecule has 0 aromatic carbocycles. The molecule has 1 atom stereocenters. The van der Waals surface area contributed by atoms with Gasteiger partial charge < -0.3 is 15.2 Å². The largest absolute Gasteiger partial charge is 0.481 e. The van der Waals surface area contributed by atoms with Crippen LogP contribution in [0.25, 0.3) is 0 Å². The van der Waals surface area contributed by atoms with Crippen LogP contribution in [0.2, 0.25) is 0 Å². The molecule has 0 spiro atoms. The molecule has 0 aromatic heterocycles. The first kappa shape index (κ1) is 12.9. The quantitative estimate of drug-likeness (QED) is 0.459. The molecule has 0 heterocycles. The van der Waals surface area contributed by atoms with E-state index in [9.17, 15) is 9.59 Å². The van der Waals surface area contributed by atoms with E-state index < -0.39 is 17.8 Å². The molecule has 1 unspecified atom stereocenters. The molecule has 0 aliphatic carbocycles. The predicted molar refractivity (Wildman–Crippen MR) is 50.9 cm³/mol.